The molecule has 7 nitrogen and oxygen atoms in total. The van der Waals surface area contributed by atoms with Crippen molar-refractivity contribution in [3.63, 3.8) is 0 Å². The van der Waals surface area contributed by atoms with Gasteiger partial charge in [-0.05, 0) is 29.5 Å². The Balaban J connectivity index is 2.41. The largest absolute Gasteiger partial charge is 0.284 e. The van der Waals surface area contributed by atoms with Crippen molar-refractivity contribution in [2.75, 3.05) is 0 Å². The normalized spacial score (nSPS) is 10.9. The highest BCUT2D eigenvalue weighted by atomic mass is 16.1. The summed E-state index contributed by atoms with van der Waals surface area (Å²) in [5, 5.41) is 10.7. The van der Waals surface area contributed by atoms with E-state index in [4.69, 9.17) is 0 Å². The number of aromatic nitrogens is 6. The molecule has 0 fully saturated rings. The molecular formula is C10H8N6O. The molecule has 3 rings (SSSR count). The van der Waals surface area contributed by atoms with Crippen LogP contribution in [0.5, 0.6) is 0 Å². The number of rotatable bonds is 1. The van der Waals surface area contributed by atoms with Crippen molar-refractivity contribution in [1.29, 1.82) is 0 Å². The molecule has 3 aromatic rings. The van der Waals surface area contributed by atoms with E-state index in [-0.39, 0.29) is 5.56 Å². The number of nitrogens with zero attached hydrogens (tertiary/aromatic N) is 6. The zero-order chi connectivity index (χ0) is 11.8. The molecule has 17 heavy (non-hydrogen) atoms. The zero-order valence-electron chi connectivity index (χ0n) is 8.98. The molecule has 0 saturated carbocycles. The van der Waals surface area contributed by atoms with Gasteiger partial charge in [0.15, 0.2) is 5.69 Å². The van der Waals surface area contributed by atoms with Crippen LogP contribution in [0.4, 0.5) is 0 Å². The first-order chi connectivity index (χ1) is 8.27. The lowest BCUT2D eigenvalue weighted by molar-refractivity contribution is 0.771. The van der Waals surface area contributed by atoms with Gasteiger partial charge in [-0.1, -0.05) is 6.07 Å². The second-order valence-electron chi connectivity index (χ2n) is 3.56. The fourth-order valence-electron chi connectivity index (χ4n) is 1.69. The molecular weight excluding hydrogens is 220 g/mol. The molecule has 0 atom stereocenters. The van der Waals surface area contributed by atoms with Crippen molar-refractivity contribution in [2.24, 2.45) is 0 Å². The molecule has 0 aliphatic carbocycles. The van der Waals surface area contributed by atoms with Crippen LogP contribution in [0.25, 0.3) is 11.3 Å². The molecule has 0 aliphatic heterocycles. The topological polar surface area (TPSA) is 78.0 Å². The van der Waals surface area contributed by atoms with Crippen LogP contribution in [0.3, 0.4) is 0 Å². The number of aryl methyl sites for hydroxylation is 1. The van der Waals surface area contributed by atoms with Crippen LogP contribution in [0.2, 0.25) is 0 Å². The van der Waals surface area contributed by atoms with Gasteiger partial charge in [-0.2, -0.15) is 4.68 Å². The summed E-state index contributed by atoms with van der Waals surface area (Å²) >= 11 is 0. The molecule has 0 aromatic carbocycles. The van der Waals surface area contributed by atoms with Gasteiger partial charge in [0.05, 0.1) is 6.20 Å². The van der Waals surface area contributed by atoms with E-state index in [1.807, 2.05) is 19.1 Å². The number of hydrogen-bond donors (Lipinski definition) is 0. The van der Waals surface area contributed by atoms with E-state index in [1.165, 1.54) is 21.6 Å². The van der Waals surface area contributed by atoms with Crippen molar-refractivity contribution < 1.29 is 0 Å². The standard InChI is InChI=1S/C10H8N6O/c1-7-3-2-4-9-11-5-8(10(17)16(7)9)15-6-12-13-14-15/h2-6H,1H3. The highest BCUT2D eigenvalue weighted by Gasteiger charge is 2.08. The minimum absolute atomic E-state index is 0.194. The first kappa shape index (κ1) is 9.64. The van der Waals surface area contributed by atoms with Crippen LogP contribution in [0.1, 0.15) is 5.69 Å². The lowest BCUT2D eigenvalue weighted by atomic mass is 10.3. The highest BCUT2D eigenvalue weighted by molar-refractivity contribution is 5.42. The van der Waals surface area contributed by atoms with Crippen LogP contribution in [0, 0.1) is 6.92 Å². The summed E-state index contributed by atoms with van der Waals surface area (Å²) in [7, 11) is 0. The van der Waals surface area contributed by atoms with Crippen molar-refractivity contribution >= 4 is 5.65 Å². The van der Waals surface area contributed by atoms with E-state index >= 15 is 0 Å². The van der Waals surface area contributed by atoms with Gasteiger partial charge in [0.2, 0.25) is 0 Å². The minimum Gasteiger partial charge on any atom is -0.266 e. The van der Waals surface area contributed by atoms with E-state index in [1.54, 1.807) is 6.07 Å². The fraction of sp³-hybridized carbons (Fsp3) is 0.100. The molecule has 0 unspecified atom stereocenters. The van der Waals surface area contributed by atoms with Crippen LogP contribution in [-0.4, -0.2) is 29.6 Å². The smallest absolute Gasteiger partial charge is 0.266 e. The summed E-state index contributed by atoms with van der Waals surface area (Å²) in [6.45, 7) is 1.85. The quantitative estimate of drug-likeness (QED) is 0.584. The maximum Gasteiger partial charge on any atom is 0.284 e. The van der Waals surface area contributed by atoms with E-state index < -0.39 is 0 Å². The summed E-state index contributed by atoms with van der Waals surface area (Å²) < 4.78 is 2.82. The number of tetrazole rings is 1. The van der Waals surface area contributed by atoms with Crippen molar-refractivity contribution in [3.8, 4) is 5.69 Å². The van der Waals surface area contributed by atoms with E-state index in [9.17, 15) is 4.79 Å². The van der Waals surface area contributed by atoms with Crippen LogP contribution in [-0.2, 0) is 0 Å². The van der Waals surface area contributed by atoms with Crippen molar-refractivity contribution in [1.82, 2.24) is 29.6 Å². The Bertz CT molecular complexity index is 730. The Morgan fingerprint density at radius 2 is 2.18 bits per heavy atom. The van der Waals surface area contributed by atoms with E-state index in [2.05, 4.69) is 20.5 Å². The Hall–Kier alpha value is -2.57. The average Bonchev–Trinajstić information content (AvgIpc) is 2.83. The summed E-state index contributed by atoms with van der Waals surface area (Å²) in [4.78, 5) is 16.5. The molecule has 0 bridgehead atoms. The second-order valence-corrected chi connectivity index (χ2v) is 3.56. The molecule has 3 aromatic heterocycles. The van der Waals surface area contributed by atoms with Gasteiger partial charge in [0.1, 0.15) is 12.0 Å². The van der Waals surface area contributed by atoms with Crippen molar-refractivity contribution in [2.45, 2.75) is 6.92 Å². The predicted molar refractivity (Wildman–Crippen MR) is 58.9 cm³/mol. The van der Waals surface area contributed by atoms with Crippen LogP contribution >= 0.6 is 0 Å². The lowest BCUT2D eigenvalue weighted by Gasteiger charge is -2.05. The maximum atomic E-state index is 12.3. The molecule has 0 amide bonds. The van der Waals surface area contributed by atoms with E-state index in [0.29, 0.717) is 11.3 Å². The summed E-state index contributed by atoms with van der Waals surface area (Å²) in [6.07, 6.45) is 2.83. The van der Waals surface area contributed by atoms with Gasteiger partial charge in [0, 0.05) is 5.69 Å². The second kappa shape index (κ2) is 3.48. The first-order valence-corrected chi connectivity index (χ1v) is 4.98. The molecule has 0 N–H and O–H groups in total. The van der Waals surface area contributed by atoms with E-state index in [0.717, 1.165) is 5.69 Å². The Kier molecular flexibility index (Phi) is 1.97. The van der Waals surface area contributed by atoms with Gasteiger partial charge >= 0.3 is 0 Å². The summed E-state index contributed by atoms with van der Waals surface area (Å²) in [5.41, 5.74) is 1.55. The Labute approximate surface area is 95.3 Å². The molecule has 0 radical (unpaired) electrons. The minimum atomic E-state index is -0.194. The van der Waals surface area contributed by atoms with Crippen LogP contribution in [0.15, 0.2) is 35.5 Å². The Morgan fingerprint density at radius 3 is 2.94 bits per heavy atom. The molecule has 0 spiro atoms. The number of hydrogen-bond acceptors (Lipinski definition) is 5. The third kappa shape index (κ3) is 1.40. The van der Waals surface area contributed by atoms with Gasteiger partial charge in [-0.3, -0.25) is 9.20 Å². The summed E-state index contributed by atoms with van der Waals surface area (Å²) in [5.74, 6) is 0. The highest BCUT2D eigenvalue weighted by Crippen LogP contribution is 2.03. The fourth-order valence-corrected chi connectivity index (χ4v) is 1.69. The average molecular weight is 228 g/mol. The molecule has 0 aliphatic rings. The van der Waals surface area contributed by atoms with Gasteiger partial charge in [0.25, 0.3) is 5.56 Å². The van der Waals surface area contributed by atoms with Crippen LogP contribution < -0.4 is 5.56 Å². The van der Waals surface area contributed by atoms with Gasteiger partial charge < -0.3 is 0 Å². The molecule has 7 heteroatoms. The van der Waals surface area contributed by atoms with Gasteiger partial charge in [-0.25, -0.2) is 4.98 Å². The first-order valence-electron chi connectivity index (χ1n) is 4.98. The number of fused-ring (bicyclic) bond motifs is 1. The lowest BCUT2D eigenvalue weighted by Crippen LogP contribution is -2.22. The SMILES string of the molecule is Cc1cccc2ncc(-n3cnnn3)c(=O)n12. The molecule has 3 heterocycles. The third-order valence-electron chi connectivity index (χ3n) is 2.50. The van der Waals surface area contributed by atoms with Crippen molar-refractivity contribution in [3.05, 3.63) is 46.8 Å². The Morgan fingerprint density at radius 1 is 1.29 bits per heavy atom. The monoisotopic (exact) mass is 228 g/mol. The molecule has 84 valence electrons. The predicted octanol–water partition coefficient (Wildman–Crippen LogP) is -0.0214. The number of pyridine rings is 1. The molecule has 0 saturated heterocycles. The summed E-state index contributed by atoms with van der Waals surface area (Å²) in [6, 6.07) is 5.48. The maximum absolute atomic E-state index is 12.3. The van der Waals surface area contributed by atoms with Gasteiger partial charge in [-0.15, -0.1) is 5.10 Å². The zero-order valence-corrected chi connectivity index (χ0v) is 8.98. The third-order valence-corrected chi connectivity index (χ3v) is 2.50.